The van der Waals surface area contributed by atoms with Crippen molar-refractivity contribution >= 4 is 43.8 Å². The van der Waals surface area contributed by atoms with E-state index in [0.717, 1.165) is 26.6 Å². The monoisotopic (exact) mass is 333 g/mol. The molecule has 1 amide bonds. The third-order valence-electron chi connectivity index (χ3n) is 3.04. The van der Waals surface area contributed by atoms with Crippen LogP contribution in [0.4, 0.5) is 5.00 Å². The van der Waals surface area contributed by atoms with Gasteiger partial charge in [-0.25, -0.2) is 4.98 Å². The van der Waals surface area contributed by atoms with Crippen LogP contribution in [0.15, 0.2) is 36.4 Å². The molecule has 0 atom stereocenters. The average molecular weight is 333 g/mol. The third kappa shape index (κ3) is 2.83. The summed E-state index contributed by atoms with van der Waals surface area (Å²) < 4.78 is 1.07. The smallest absolute Gasteiger partial charge is 0.324 e. The number of carbonyl (C=O) groups excluding carboxylic acids is 1. The van der Waals surface area contributed by atoms with Crippen LogP contribution in [-0.4, -0.2) is 27.8 Å². The standard InChI is InChI=1S/C14H11N3O3S2/c1-16(14(18)11-6-7-13(22-11)17(19)20)8-12-15-9-4-2-3-5-10(9)21-12/h2-7H,8H2,1H3. The zero-order valence-electron chi connectivity index (χ0n) is 11.6. The summed E-state index contributed by atoms with van der Waals surface area (Å²) in [5.74, 6) is -0.239. The minimum Gasteiger partial charge on any atom is -0.334 e. The molecule has 2 aromatic heterocycles. The van der Waals surface area contributed by atoms with Crippen LogP contribution < -0.4 is 0 Å². The van der Waals surface area contributed by atoms with Crippen LogP contribution in [0.1, 0.15) is 14.7 Å². The molecular weight excluding hydrogens is 322 g/mol. The average Bonchev–Trinajstić information content (AvgIpc) is 3.12. The molecule has 3 rings (SSSR count). The molecule has 22 heavy (non-hydrogen) atoms. The Bertz CT molecular complexity index is 823. The molecule has 0 bridgehead atoms. The number of para-hydroxylation sites is 1. The van der Waals surface area contributed by atoms with Gasteiger partial charge in [-0.15, -0.1) is 11.3 Å². The molecule has 3 aromatic rings. The molecule has 0 aliphatic heterocycles. The van der Waals surface area contributed by atoms with E-state index >= 15 is 0 Å². The zero-order chi connectivity index (χ0) is 15.7. The minimum absolute atomic E-state index is 0.0308. The number of rotatable bonds is 4. The number of carbonyl (C=O) groups is 1. The highest BCUT2D eigenvalue weighted by Crippen LogP contribution is 2.26. The quantitative estimate of drug-likeness (QED) is 0.540. The molecule has 0 aliphatic rings. The Morgan fingerprint density at radius 2 is 2.05 bits per heavy atom. The van der Waals surface area contributed by atoms with Gasteiger partial charge in [-0.2, -0.15) is 0 Å². The lowest BCUT2D eigenvalue weighted by Gasteiger charge is -2.13. The maximum Gasteiger partial charge on any atom is 0.324 e. The second-order valence-electron chi connectivity index (χ2n) is 4.63. The van der Waals surface area contributed by atoms with Gasteiger partial charge in [-0.3, -0.25) is 14.9 Å². The van der Waals surface area contributed by atoms with E-state index < -0.39 is 4.92 Å². The van der Waals surface area contributed by atoms with E-state index in [4.69, 9.17) is 0 Å². The van der Waals surface area contributed by atoms with E-state index in [1.807, 2.05) is 24.3 Å². The Balaban J connectivity index is 1.76. The summed E-state index contributed by atoms with van der Waals surface area (Å²) in [6, 6.07) is 10.6. The molecule has 0 saturated heterocycles. The Morgan fingerprint density at radius 3 is 2.73 bits per heavy atom. The van der Waals surface area contributed by atoms with Crippen LogP contribution in [0.2, 0.25) is 0 Å². The van der Waals surface area contributed by atoms with Crippen molar-refractivity contribution < 1.29 is 9.72 Å². The van der Waals surface area contributed by atoms with Crippen molar-refractivity contribution in [3.63, 3.8) is 0 Å². The van der Waals surface area contributed by atoms with E-state index in [1.54, 1.807) is 7.05 Å². The van der Waals surface area contributed by atoms with Gasteiger partial charge in [0.05, 0.1) is 26.6 Å². The summed E-state index contributed by atoms with van der Waals surface area (Å²) >= 11 is 2.42. The van der Waals surface area contributed by atoms with Gasteiger partial charge in [0.15, 0.2) is 0 Å². The van der Waals surface area contributed by atoms with Crippen LogP contribution in [0.25, 0.3) is 10.2 Å². The lowest BCUT2D eigenvalue weighted by molar-refractivity contribution is -0.380. The maximum atomic E-state index is 12.3. The summed E-state index contributed by atoms with van der Waals surface area (Å²) in [5.41, 5.74) is 0.912. The Labute approximate surface area is 133 Å². The number of nitro groups is 1. The first-order valence-electron chi connectivity index (χ1n) is 6.39. The van der Waals surface area contributed by atoms with Gasteiger partial charge in [0.1, 0.15) is 5.01 Å². The van der Waals surface area contributed by atoms with Crippen molar-refractivity contribution in [3.05, 3.63) is 56.4 Å². The molecule has 0 N–H and O–H groups in total. The number of benzene rings is 1. The highest BCUT2D eigenvalue weighted by Gasteiger charge is 2.19. The zero-order valence-corrected chi connectivity index (χ0v) is 13.2. The fourth-order valence-corrected chi connectivity index (χ4v) is 3.83. The molecule has 0 unspecified atom stereocenters. The molecular formula is C14H11N3O3S2. The second-order valence-corrected chi connectivity index (χ2v) is 6.81. The first-order chi connectivity index (χ1) is 10.5. The Kier molecular flexibility index (Phi) is 3.86. The van der Waals surface area contributed by atoms with Crippen molar-refractivity contribution in [1.29, 1.82) is 0 Å². The first kappa shape index (κ1) is 14.6. The second kappa shape index (κ2) is 5.82. The van der Waals surface area contributed by atoms with Gasteiger partial charge in [0, 0.05) is 13.1 Å². The van der Waals surface area contributed by atoms with Crippen LogP contribution in [0.5, 0.6) is 0 Å². The van der Waals surface area contributed by atoms with E-state index in [-0.39, 0.29) is 10.9 Å². The Morgan fingerprint density at radius 1 is 1.27 bits per heavy atom. The number of thiazole rings is 1. The van der Waals surface area contributed by atoms with Crippen LogP contribution in [0.3, 0.4) is 0 Å². The van der Waals surface area contributed by atoms with E-state index in [1.165, 1.54) is 28.4 Å². The molecule has 112 valence electrons. The highest BCUT2D eigenvalue weighted by atomic mass is 32.1. The van der Waals surface area contributed by atoms with Crippen molar-refractivity contribution in [3.8, 4) is 0 Å². The topological polar surface area (TPSA) is 76.3 Å². The predicted molar refractivity (Wildman–Crippen MR) is 86.4 cm³/mol. The molecule has 2 heterocycles. The van der Waals surface area contributed by atoms with Gasteiger partial charge in [0.2, 0.25) is 0 Å². The van der Waals surface area contributed by atoms with Gasteiger partial charge in [-0.05, 0) is 18.2 Å². The Hall–Kier alpha value is -2.32. The molecule has 0 fully saturated rings. The molecule has 0 aliphatic carbocycles. The van der Waals surface area contributed by atoms with Crippen LogP contribution in [0, 0.1) is 10.1 Å². The van der Waals surface area contributed by atoms with Crippen molar-refractivity contribution in [2.24, 2.45) is 0 Å². The molecule has 1 aromatic carbocycles. The largest absolute Gasteiger partial charge is 0.334 e. The number of amides is 1. The summed E-state index contributed by atoms with van der Waals surface area (Å²) in [5, 5.41) is 11.5. The molecule has 8 heteroatoms. The van der Waals surface area contributed by atoms with E-state index in [0.29, 0.717) is 11.4 Å². The number of fused-ring (bicyclic) bond motifs is 1. The summed E-state index contributed by atoms with van der Waals surface area (Å²) in [6.45, 7) is 0.379. The van der Waals surface area contributed by atoms with Gasteiger partial charge < -0.3 is 4.90 Å². The lowest BCUT2D eigenvalue weighted by Crippen LogP contribution is -2.25. The van der Waals surface area contributed by atoms with Crippen molar-refractivity contribution in [2.75, 3.05) is 7.05 Å². The third-order valence-corrected chi connectivity index (χ3v) is 5.09. The van der Waals surface area contributed by atoms with Gasteiger partial charge in [0.25, 0.3) is 5.91 Å². The SMILES string of the molecule is CN(Cc1nc2ccccc2s1)C(=O)c1ccc([N+](=O)[O-])s1. The predicted octanol–water partition coefficient (Wildman–Crippen LogP) is 3.54. The van der Waals surface area contributed by atoms with Crippen LogP contribution >= 0.6 is 22.7 Å². The number of hydrogen-bond donors (Lipinski definition) is 0. The maximum absolute atomic E-state index is 12.3. The molecule has 6 nitrogen and oxygen atoms in total. The van der Waals surface area contributed by atoms with Crippen molar-refractivity contribution in [2.45, 2.75) is 6.54 Å². The van der Waals surface area contributed by atoms with E-state index in [2.05, 4.69) is 4.98 Å². The molecule has 0 spiro atoms. The number of thiophene rings is 1. The highest BCUT2D eigenvalue weighted by molar-refractivity contribution is 7.18. The van der Waals surface area contributed by atoms with Gasteiger partial charge >= 0.3 is 5.00 Å². The van der Waals surface area contributed by atoms with Gasteiger partial charge in [-0.1, -0.05) is 23.5 Å². The summed E-state index contributed by atoms with van der Waals surface area (Å²) in [6.07, 6.45) is 0. The number of nitrogens with zero attached hydrogens (tertiary/aromatic N) is 3. The summed E-state index contributed by atoms with van der Waals surface area (Å²) in [4.78, 5) is 28.8. The van der Waals surface area contributed by atoms with Crippen LogP contribution in [-0.2, 0) is 6.54 Å². The summed E-state index contributed by atoms with van der Waals surface area (Å²) in [7, 11) is 1.67. The molecule has 0 radical (unpaired) electrons. The fourth-order valence-electron chi connectivity index (χ4n) is 1.99. The van der Waals surface area contributed by atoms with E-state index in [9.17, 15) is 14.9 Å². The number of aromatic nitrogens is 1. The molecule has 0 saturated carbocycles. The lowest BCUT2D eigenvalue weighted by atomic mass is 10.3. The first-order valence-corrected chi connectivity index (χ1v) is 8.02. The number of hydrogen-bond acceptors (Lipinski definition) is 6. The van der Waals surface area contributed by atoms with Crippen molar-refractivity contribution in [1.82, 2.24) is 9.88 Å². The minimum atomic E-state index is -0.491. The normalized spacial score (nSPS) is 10.8. The fraction of sp³-hybridized carbons (Fsp3) is 0.143.